The molecular weight excluding hydrogens is 339 g/mol. The number of hydrogen-bond acceptors (Lipinski definition) is 3. The number of piperazine rings is 1. The Balaban J connectivity index is 1.98. The van der Waals surface area contributed by atoms with E-state index in [0.29, 0.717) is 15.7 Å². The third kappa shape index (κ3) is 4.21. The van der Waals surface area contributed by atoms with Gasteiger partial charge in [-0.2, -0.15) is 12.7 Å². The van der Waals surface area contributed by atoms with Crippen molar-refractivity contribution in [2.45, 2.75) is 0 Å². The zero-order chi connectivity index (χ0) is 15.6. The molecule has 0 spiro atoms. The number of nitrogens with two attached hydrogens (primary N) is 1. The number of nitrogens with one attached hydrogen (secondary N) is 1. The molecule has 0 atom stereocenters. The maximum Gasteiger partial charge on any atom is 0.321 e. The van der Waals surface area contributed by atoms with Gasteiger partial charge in [-0.1, -0.05) is 23.2 Å². The number of benzene rings is 1. The first kappa shape index (κ1) is 16.3. The molecule has 0 saturated carbocycles. The summed E-state index contributed by atoms with van der Waals surface area (Å²) >= 11 is 11.8. The second kappa shape index (κ2) is 6.37. The normalized spacial score (nSPS) is 16.8. The molecule has 0 aliphatic carbocycles. The van der Waals surface area contributed by atoms with Crippen molar-refractivity contribution >= 4 is 45.1 Å². The van der Waals surface area contributed by atoms with E-state index >= 15 is 0 Å². The quantitative estimate of drug-likeness (QED) is 0.840. The highest BCUT2D eigenvalue weighted by Gasteiger charge is 2.26. The van der Waals surface area contributed by atoms with Crippen molar-refractivity contribution in [3.63, 3.8) is 0 Å². The molecule has 0 radical (unpaired) electrons. The summed E-state index contributed by atoms with van der Waals surface area (Å²) in [4.78, 5) is 13.6. The van der Waals surface area contributed by atoms with E-state index < -0.39 is 10.2 Å². The molecule has 1 aromatic rings. The van der Waals surface area contributed by atoms with Crippen LogP contribution in [0.2, 0.25) is 10.0 Å². The second-order valence-electron chi connectivity index (χ2n) is 4.49. The van der Waals surface area contributed by atoms with E-state index in [2.05, 4.69) is 5.32 Å². The molecule has 2 amide bonds. The molecule has 1 aliphatic rings. The number of carbonyl (C=O) groups is 1. The highest BCUT2D eigenvalue weighted by molar-refractivity contribution is 7.86. The molecule has 0 bridgehead atoms. The Labute approximate surface area is 132 Å². The third-order valence-corrected chi connectivity index (χ3v) is 4.71. The number of amides is 2. The Hall–Kier alpha value is -1.06. The molecule has 1 aliphatic heterocycles. The summed E-state index contributed by atoms with van der Waals surface area (Å²) in [6.45, 7) is 0.825. The summed E-state index contributed by atoms with van der Waals surface area (Å²) in [5.74, 6) is 0. The molecule has 1 aromatic carbocycles. The number of rotatable bonds is 2. The lowest BCUT2D eigenvalue weighted by Crippen LogP contribution is -2.53. The average molecular weight is 353 g/mol. The highest BCUT2D eigenvalue weighted by atomic mass is 35.5. The van der Waals surface area contributed by atoms with E-state index in [-0.39, 0.29) is 32.2 Å². The van der Waals surface area contributed by atoms with E-state index in [9.17, 15) is 13.2 Å². The molecular formula is C11H14Cl2N4O3S. The van der Waals surface area contributed by atoms with Crippen molar-refractivity contribution in [3.8, 4) is 0 Å². The zero-order valence-electron chi connectivity index (χ0n) is 10.9. The fourth-order valence-corrected chi connectivity index (χ4v) is 2.94. The van der Waals surface area contributed by atoms with Gasteiger partial charge in [0, 0.05) is 31.2 Å². The Morgan fingerprint density at radius 3 is 2.38 bits per heavy atom. The first-order valence-corrected chi connectivity index (χ1v) is 8.32. The molecule has 7 nitrogen and oxygen atoms in total. The van der Waals surface area contributed by atoms with Gasteiger partial charge in [0.15, 0.2) is 0 Å². The van der Waals surface area contributed by atoms with Crippen LogP contribution < -0.4 is 10.5 Å². The summed E-state index contributed by atoms with van der Waals surface area (Å²) in [6.07, 6.45) is 0. The van der Waals surface area contributed by atoms with Gasteiger partial charge in [0.1, 0.15) is 0 Å². The smallest absolute Gasteiger partial charge is 0.321 e. The van der Waals surface area contributed by atoms with Gasteiger partial charge < -0.3 is 10.2 Å². The van der Waals surface area contributed by atoms with E-state index in [4.69, 9.17) is 28.3 Å². The molecule has 2 rings (SSSR count). The van der Waals surface area contributed by atoms with Crippen LogP contribution >= 0.6 is 23.2 Å². The van der Waals surface area contributed by atoms with Gasteiger partial charge in [0.2, 0.25) is 0 Å². The maximum atomic E-state index is 12.1. The fourth-order valence-electron chi connectivity index (χ4n) is 1.93. The molecule has 116 valence electrons. The summed E-state index contributed by atoms with van der Waals surface area (Å²) in [6, 6.07) is 4.37. The Morgan fingerprint density at radius 2 is 1.81 bits per heavy atom. The minimum atomic E-state index is -3.71. The van der Waals surface area contributed by atoms with Crippen LogP contribution in [0.3, 0.4) is 0 Å². The summed E-state index contributed by atoms with van der Waals surface area (Å²) < 4.78 is 23.5. The van der Waals surface area contributed by atoms with E-state index in [1.807, 2.05) is 0 Å². The minimum Gasteiger partial charge on any atom is -0.322 e. The molecule has 1 saturated heterocycles. The van der Waals surface area contributed by atoms with Crippen molar-refractivity contribution in [1.29, 1.82) is 0 Å². The third-order valence-electron chi connectivity index (χ3n) is 3.06. The lowest BCUT2D eigenvalue weighted by Gasteiger charge is -2.32. The number of carbonyl (C=O) groups excluding carboxylic acids is 1. The van der Waals surface area contributed by atoms with Crippen molar-refractivity contribution in [2.75, 3.05) is 31.5 Å². The van der Waals surface area contributed by atoms with Gasteiger partial charge in [-0.3, -0.25) is 0 Å². The van der Waals surface area contributed by atoms with Crippen molar-refractivity contribution in [1.82, 2.24) is 9.21 Å². The fraction of sp³-hybridized carbons (Fsp3) is 0.364. The van der Waals surface area contributed by atoms with Crippen LogP contribution in [-0.2, 0) is 10.2 Å². The van der Waals surface area contributed by atoms with Gasteiger partial charge in [-0.05, 0) is 18.2 Å². The van der Waals surface area contributed by atoms with Gasteiger partial charge >= 0.3 is 6.03 Å². The molecule has 0 aromatic heterocycles. The second-order valence-corrected chi connectivity index (χ2v) is 6.88. The molecule has 0 unspecified atom stereocenters. The number of hydrogen-bond donors (Lipinski definition) is 2. The van der Waals surface area contributed by atoms with E-state index in [0.717, 1.165) is 4.31 Å². The van der Waals surface area contributed by atoms with Gasteiger partial charge in [-0.15, -0.1) is 0 Å². The number of nitrogens with zero attached hydrogens (tertiary/aromatic N) is 2. The van der Waals surface area contributed by atoms with Crippen LogP contribution in [0.15, 0.2) is 18.2 Å². The number of urea groups is 1. The lowest BCUT2D eigenvalue weighted by molar-refractivity contribution is 0.184. The topological polar surface area (TPSA) is 95.7 Å². The van der Waals surface area contributed by atoms with Gasteiger partial charge in [0.25, 0.3) is 10.2 Å². The maximum absolute atomic E-state index is 12.1. The van der Waals surface area contributed by atoms with Crippen LogP contribution in [0.4, 0.5) is 10.5 Å². The SMILES string of the molecule is NS(=O)(=O)N1CCN(C(=O)Nc2cc(Cl)ccc2Cl)CC1. The molecule has 3 N–H and O–H groups in total. The molecule has 1 fully saturated rings. The van der Waals surface area contributed by atoms with Gasteiger partial charge in [0.05, 0.1) is 10.7 Å². The largest absolute Gasteiger partial charge is 0.322 e. The Bertz CT molecular complexity index is 645. The molecule has 1 heterocycles. The van der Waals surface area contributed by atoms with E-state index in [1.165, 1.54) is 4.90 Å². The summed E-state index contributed by atoms with van der Waals surface area (Å²) in [5.41, 5.74) is 0.406. The van der Waals surface area contributed by atoms with Crippen LogP contribution in [-0.4, -0.2) is 49.8 Å². The predicted molar refractivity (Wildman–Crippen MR) is 81.7 cm³/mol. The van der Waals surface area contributed by atoms with Gasteiger partial charge in [-0.25, -0.2) is 9.93 Å². The van der Waals surface area contributed by atoms with Crippen molar-refractivity contribution in [3.05, 3.63) is 28.2 Å². The molecule has 21 heavy (non-hydrogen) atoms. The van der Waals surface area contributed by atoms with Crippen LogP contribution in [0.25, 0.3) is 0 Å². The Morgan fingerprint density at radius 1 is 1.19 bits per heavy atom. The van der Waals surface area contributed by atoms with Crippen LogP contribution in [0.5, 0.6) is 0 Å². The standard InChI is InChI=1S/C11H14Cl2N4O3S/c12-8-1-2-9(13)10(7-8)15-11(18)16-3-5-17(6-4-16)21(14,19)20/h1-2,7H,3-6H2,(H,15,18)(H2,14,19,20). The number of anilines is 1. The monoisotopic (exact) mass is 352 g/mol. The zero-order valence-corrected chi connectivity index (χ0v) is 13.2. The highest BCUT2D eigenvalue weighted by Crippen LogP contribution is 2.25. The lowest BCUT2D eigenvalue weighted by atomic mass is 10.3. The van der Waals surface area contributed by atoms with Crippen LogP contribution in [0, 0.1) is 0 Å². The first-order chi connectivity index (χ1) is 9.77. The number of halogens is 2. The van der Waals surface area contributed by atoms with Crippen molar-refractivity contribution < 1.29 is 13.2 Å². The van der Waals surface area contributed by atoms with E-state index in [1.54, 1.807) is 18.2 Å². The summed E-state index contributed by atoms with van der Waals surface area (Å²) in [5, 5.41) is 8.51. The predicted octanol–water partition coefficient (Wildman–Crippen LogP) is 1.35. The average Bonchev–Trinajstić information content (AvgIpc) is 2.42. The minimum absolute atomic E-state index is 0.162. The Kier molecular flexibility index (Phi) is 4.95. The first-order valence-electron chi connectivity index (χ1n) is 6.06. The molecule has 10 heteroatoms. The summed E-state index contributed by atoms with van der Waals surface area (Å²) in [7, 11) is -3.71. The van der Waals surface area contributed by atoms with Crippen molar-refractivity contribution in [2.24, 2.45) is 5.14 Å². The van der Waals surface area contributed by atoms with Crippen LogP contribution in [0.1, 0.15) is 0 Å².